The van der Waals surface area contributed by atoms with Gasteiger partial charge in [0.2, 0.25) is 0 Å². The van der Waals surface area contributed by atoms with Crippen LogP contribution in [0.1, 0.15) is 36.2 Å². The van der Waals surface area contributed by atoms with Crippen LogP contribution in [0.4, 0.5) is 5.82 Å². The highest BCUT2D eigenvalue weighted by Crippen LogP contribution is 2.19. The minimum absolute atomic E-state index is 0.181. The Morgan fingerprint density at radius 2 is 2.14 bits per heavy atom. The summed E-state index contributed by atoms with van der Waals surface area (Å²) in [6, 6.07) is 0.181. The Kier molecular flexibility index (Phi) is 2.78. The van der Waals surface area contributed by atoms with Gasteiger partial charge >= 0.3 is 5.97 Å². The molecule has 5 heteroatoms. The molecule has 0 bridgehead atoms. The fourth-order valence-corrected chi connectivity index (χ4v) is 1.46. The maximum absolute atomic E-state index is 11.2. The number of rotatable bonds is 2. The maximum atomic E-state index is 11.2. The lowest BCUT2D eigenvalue weighted by Crippen LogP contribution is -2.10. The van der Waals surface area contributed by atoms with E-state index >= 15 is 0 Å². The average molecular weight is 197 g/mol. The zero-order chi connectivity index (χ0) is 10.9. The van der Waals surface area contributed by atoms with Gasteiger partial charge in [0.15, 0.2) is 5.69 Å². The molecule has 1 aromatic rings. The molecular formula is C9H15N3O2. The largest absolute Gasteiger partial charge is 0.464 e. The van der Waals surface area contributed by atoms with E-state index in [-0.39, 0.29) is 11.7 Å². The Labute approximate surface area is 82.9 Å². The van der Waals surface area contributed by atoms with Gasteiger partial charge in [-0.05, 0) is 20.8 Å². The molecule has 0 aliphatic heterocycles. The lowest BCUT2D eigenvalue weighted by atomic mass is 10.3. The lowest BCUT2D eigenvalue weighted by Gasteiger charge is -2.10. The number of hydrogen-bond donors (Lipinski definition) is 1. The molecule has 0 saturated heterocycles. The number of methoxy groups -OCH3 is 1. The van der Waals surface area contributed by atoms with E-state index in [1.54, 1.807) is 4.57 Å². The summed E-state index contributed by atoms with van der Waals surface area (Å²) in [5, 5.41) is 0. The van der Waals surface area contributed by atoms with Crippen LogP contribution in [0.25, 0.3) is 0 Å². The number of hydrogen-bond acceptors (Lipinski definition) is 4. The smallest absolute Gasteiger partial charge is 0.360 e. The minimum Gasteiger partial charge on any atom is -0.464 e. The van der Waals surface area contributed by atoms with Crippen molar-refractivity contribution in [3.05, 3.63) is 11.5 Å². The summed E-state index contributed by atoms with van der Waals surface area (Å²) in [6.07, 6.45) is 0. The first kappa shape index (κ1) is 10.6. The van der Waals surface area contributed by atoms with Crippen molar-refractivity contribution in [2.45, 2.75) is 26.8 Å². The van der Waals surface area contributed by atoms with Gasteiger partial charge < -0.3 is 15.0 Å². The maximum Gasteiger partial charge on any atom is 0.360 e. The third-order valence-electron chi connectivity index (χ3n) is 2.02. The number of ether oxygens (including phenoxy) is 1. The first-order valence-corrected chi connectivity index (χ1v) is 4.41. The lowest BCUT2D eigenvalue weighted by molar-refractivity contribution is 0.0595. The summed E-state index contributed by atoms with van der Waals surface area (Å²) in [5.74, 6) is 0.590. The van der Waals surface area contributed by atoms with Crippen LogP contribution in [0, 0.1) is 6.92 Å². The Balaban J connectivity index is 3.23. The fourth-order valence-electron chi connectivity index (χ4n) is 1.46. The average Bonchev–Trinajstić information content (AvgIpc) is 2.40. The van der Waals surface area contributed by atoms with Gasteiger partial charge in [-0.2, -0.15) is 0 Å². The van der Waals surface area contributed by atoms with Crippen LogP contribution in [-0.2, 0) is 4.74 Å². The van der Waals surface area contributed by atoms with Crippen LogP contribution in [0.3, 0.4) is 0 Å². The quantitative estimate of drug-likeness (QED) is 0.722. The van der Waals surface area contributed by atoms with Crippen molar-refractivity contribution >= 4 is 11.8 Å². The SMILES string of the molecule is COC(=O)c1nc(C)n(C(C)C)c1N. The Hall–Kier alpha value is -1.52. The second-order valence-electron chi connectivity index (χ2n) is 3.35. The number of nitrogens with zero attached hydrogens (tertiary/aromatic N) is 2. The number of esters is 1. The molecule has 0 spiro atoms. The Morgan fingerprint density at radius 1 is 1.57 bits per heavy atom. The van der Waals surface area contributed by atoms with Crippen molar-refractivity contribution in [2.24, 2.45) is 0 Å². The molecule has 14 heavy (non-hydrogen) atoms. The summed E-state index contributed by atoms with van der Waals surface area (Å²) in [5.41, 5.74) is 5.97. The molecule has 5 nitrogen and oxygen atoms in total. The van der Waals surface area contributed by atoms with Crippen LogP contribution >= 0.6 is 0 Å². The van der Waals surface area contributed by atoms with Crippen molar-refractivity contribution in [2.75, 3.05) is 12.8 Å². The predicted octanol–water partition coefficient (Wildman–Crippen LogP) is 1.14. The van der Waals surface area contributed by atoms with Gasteiger partial charge in [-0.15, -0.1) is 0 Å². The van der Waals surface area contributed by atoms with E-state index < -0.39 is 5.97 Å². The Morgan fingerprint density at radius 3 is 2.50 bits per heavy atom. The summed E-state index contributed by atoms with van der Waals surface area (Å²) in [4.78, 5) is 15.3. The zero-order valence-electron chi connectivity index (χ0n) is 8.87. The molecule has 0 aromatic carbocycles. The number of anilines is 1. The molecule has 0 aliphatic carbocycles. The van der Waals surface area contributed by atoms with Crippen LogP contribution in [-0.4, -0.2) is 22.6 Å². The molecule has 2 N–H and O–H groups in total. The number of imidazole rings is 1. The molecule has 0 radical (unpaired) electrons. The summed E-state index contributed by atoms with van der Waals surface area (Å²) >= 11 is 0. The highest BCUT2D eigenvalue weighted by Gasteiger charge is 2.19. The summed E-state index contributed by atoms with van der Waals surface area (Å²) in [7, 11) is 1.31. The van der Waals surface area contributed by atoms with E-state index in [9.17, 15) is 4.79 Å². The monoisotopic (exact) mass is 197 g/mol. The van der Waals surface area contributed by atoms with E-state index in [1.807, 2.05) is 20.8 Å². The minimum atomic E-state index is -0.495. The highest BCUT2D eigenvalue weighted by molar-refractivity contribution is 5.92. The molecule has 0 amide bonds. The highest BCUT2D eigenvalue weighted by atomic mass is 16.5. The fraction of sp³-hybridized carbons (Fsp3) is 0.556. The van der Waals surface area contributed by atoms with Crippen LogP contribution < -0.4 is 5.73 Å². The Bertz CT molecular complexity index is 355. The predicted molar refractivity (Wildman–Crippen MR) is 53.1 cm³/mol. The van der Waals surface area contributed by atoms with Crippen molar-refractivity contribution in [1.29, 1.82) is 0 Å². The van der Waals surface area contributed by atoms with Crippen LogP contribution in [0.5, 0.6) is 0 Å². The molecule has 1 aromatic heterocycles. The van der Waals surface area contributed by atoms with E-state index in [0.717, 1.165) is 5.82 Å². The third-order valence-corrected chi connectivity index (χ3v) is 2.02. The van der Waals surface area contributed by atoms with Gasteiger partial charge in [0.1, 0.15) is 11.6 Å². The normalized spacial score (nSPS) is 10.6. The number of nitrogens with two attached hydrogens (primary N) is 1. The molecular weight excluding hydrogens is 182 g/mol. The first-order chi connectivity index (χ1) is 6.49. The van der Waals surface area contributed by atoms with E-state index in [1.165, 1.54) is 7.11 Å². The topological polar surface area (TPSA) is 70.1 Å². The molecule has 78 valence electrons. The van der Waals surface area contributed by atoms with E-state index in [0.29, 0.717) is 5.82 Å². The number of aromatic nitrogens is 2. The molecule has 1 rings (SSSR count). The van der Waals surface area contributed by atoms with Crippen LogP contribution in [0.2, 0.25) is 0 Å². The van der Waals surface area contributed by atoms with Crippen LogP contribution in [0.15, 0.2) is 0 Å². The van der Waals surface area contributed by atoms with Gasteiger partial charge in [0.25, 0.3) is 0 Å². The number of aryl methyl sites for hydroxylation is 1. The second kappa shape index (κ2) is 3.69. The molecule has 0 fully saturated rings. The van der Waals surface area contributed by atoms with Gasteiger partial charge in [0, 0.05) is 6.04 Å². The summed E-state index contributed by atoms with van der Waals surface area (Å²) < 4.78 is 6.37. The number of carbonyl (C=O) groups excluding carboxylic acids is 1. The van der Waals surface area contributed by atoms with Gasteiger partial charge in [-0.3, -0.25) is 0 Å². The third kappa shape index (κ3) is 1.57. The zero-order valence-corrected chi connectivity index (χ0v) is 8.87. The number of nitrogen functional groups attached to an aromatic ring is 1. The molecule has 1 heterocycles. The first-order valence-electron chi connectivity index (χ1n) is 4.41. The molecule has 0 atom stereocenters. The van der Waals surface area contributed by atoms with Crippen molar-refractivity contribution in [3.8, 4) is 0 Å². The van der Waals surface area contributed by atoms with Gasteiger partial charge in [0.05, 0.1) is 7.11 Å². The second-order valence-corrected chi connectivity index (χ2v) is 3.35. The van der Waals surface area contributed by atoms with Crippen molar-refractivity contribution in [3.63, 3.8) is 0 Å². The van der Waals surface area contributed by atoms with E-state index in [2.05, 4.69) is 9.72 Å². The van der Waals surface area contributed by atoms with Crippen molar-refractivity contribution < 1.29 is 9.53 Å². The van der Waals surface area contributed by atoms with Gasteiger partial charge in [-0.25, -0.2) is 9.78 Å². The van der Waals surface area contributed by atoms with E-state index in [4.69, 9.17) is 5.73 Å². The molecule has 0 saturated carbocycles. The molecule has 0 aliphatic rings. The van der Waals surface area contributed by atoms with Crippen molar-refractivity contribution in [1.82, 2.24) is 9.55 Å². The summed E-state index contributed by atoms with van der Waals surface area (Å²) in [6.45, 7) is 5.76. The number of carbonyl (C=O) groups is 1. The standard InChI is InChI=1S/C9H15N3O2/c1-5(2)12-6(3)11-7(8(12)10)9(13)14-4/h5H,10H2,1-4H3. The van der Waals surface area contributed by atoms with Gasteiger partial charge in [-0.1, -0.05) is 0 Å². The molecule has 0 unspecified atom stereocenters.